The van der Waals surface area contributed by atoms with Crippen LogP contribution in [0.5, 0.6) is 0 Å². The van der Waals surface area contributed by atoms with E-state index in [-0.39, 0.29) is 17.5 Å². The standard InChI is InChI=1S/C11H17ClO2/c1-2-10-5-3-4-6-11(10,8-10)14-9(13)7-12/h2-8H2,1H3/t10-,11-/m1/s1. The Morgan fingerprint density at radius 1 is 1.43 bits per heavy atom. The number of carbonyl (C=O) groups is 1. The number of hydrogen-bond donors (Lipinski definition) is 0. The lowest BCUT2D eigenvalue weighted by atomic mass is 9.84. The predicted molar refractivity (Wildman–Crippen MR) is 55.4 cm³/mol. The number of ether oxygens (including phenoxy) is 1. The van der Waals surface area contributed by atoms with Crippen molar-refractivity contribution < 1.29 is 9.53 Å². The largest absolute Gasteiger partial charge is 0.458 e. The van der Waals surface area contributed by atoms with Crippen LogP contribution in [0.3, 0.4) is 0 Å². The van der Waals surface area contributed by atoms with Gasteiger partial charge in [-0.05, 0) is 32.1 Å². The van der Waals surface area contributed by atoms with Crippen molar-refractivity contribution in [2.75, 3.05) is 5.88 Å². The minimum Gasteiger partial charge on any atom is -0.458 e. The molecule has 14 heavy (non-hydrogen) atoms. The molecule has 2 saturated carbocycles. The average Bonchev–Trinajstić information content (AvgIpc) is 2.87. The summed E-state index contributed by atoms with van der Waals surface area (Å²) < 4.78 is 5.53. The summed E-state index contributed by atoms with van der Waals surface area (Å²) in [5.41, 5.74) is 0.193. The molecule has 0 aromatic heterocycles. The van der Waals surface area contributed by atoms with Gasteiger partial charge < -0.3 is 4.74 Å². The zero-order chi connectivity index (χ0) is 10.2. The van der Waals surface area contributed by atoms with Gasteiger partial charge in [0.15, 0.2) is 0 Å². The molecular weight excluding hydrogens is 200 g/mol. The van der Waals surface area contributed by atoms with Crippen molar-refractivity contribution in [3.8, 4) is 0 Å². The van der Waals surface area contributed by atoms with Gasteiger partial charge >= 0.3 is 5.97 Å². The van der Waals surface area contributed by atoms with Gasteiger partial charge in [0, 0.05) is 5.41 Å². The Balaban J connectivity index is 2.05. The van der Waals surface area contributed by atoms with Crippen LogP contribution < -0.4 is 0 Å². The van der Waals surface area contributed by atoms with Crippen molar-refractivity contribution in [1.29, 1.82) is 0 Å². The van der Waals surface area contributed by atoms with Crippen LogP contribution in [0.2, 0.25) is 0 Å². The van der Waals surface area contributed by atoms with E-state index in [1.54, 1.807) is 0 Å². The molecule has 2 aliphatic carbocycles. The van der Waals surface area contributed by atoms with Gasteiger partial charge in [0.05, 0.1) is 0 Å². The van der Waals surface area contributed by atoms with Crippen molar-refractivity contribution >= 4 is 17.6 Å². The summed E-state index contributed by atoms with van der Waals surface area (Å²) in [4.78, 5) is 11.2. The van der Waals surface area contributed by atoms with Gasteiger partial charge in [-0.1, -0.05) is 13.3 Å². The van der Waals surface area contributed by atoms with E-state index in [1.165, 1.54) is 19.3 Å². The quantitative estimate of drug-likeness (QED) is 0.536. The first-order chi connectivity index (χ1) is 6.68. The maximum atomic E-state index is 11.2. The Morgan fingerprint density at radius 3 is 2.79 bits per heavy atom. The third kappa shape index (κ3) is 1.35. The average molecular weight is 217 g/mol. The Labute approximate surface area is 90.0 Å². The topological polar surface area (TPSA) is 26.3 Å². The highest BCUT2D eigenvalue weighted by atomic mass is 35.5. The van der Waals surface area contributed by atoms with E-state index in [0.29, 0.717) is 5.41 Å². The number of carbonyl (C=O) groups excluding carboxylic acids is 1. The zero-order valence-electron chi connectivity index (χ0n) is 8.64. The summed E-state index contributed by atoms with van der Waals surface area (Å²) in [6.45, 7) is 2.20. The maximum Gasteiger partial charge on any atom is 0.321 e. The Morgan fingerprint density at radius 2 is 2.14 bits per heavy atom. The number of halogens is 1. The van der Waals surface area contributed by atoms with Crippen molar-refractivity contribution in [2.24, 2.45) is 5.41 Å². The van der Waals surface area contributed by atoms with E-state index in [2.05, 4.69) is 6.92 Å². The number of fused-ring (bicyclic) bond motifs is 1. The molecule has 2 rings (SSSR count). The van der Waals surface area contributed by atoms with Crippen molar-refractivity contribution in [1.82, 2.24) is 0 Å². The maximum absolute atomic E-state index is 11.2. The summed E-state index contributed by atoms with van der Waals surface area (Å²) in [5, 5.41) is 0. The second kappa shape index (κ2) is 3.41. The molecule has 0 aromatic rings. The van der Waals surface area contributed by atoms with Gasteiger partial charge in [-0.2, -0.15) is 0 Å². The van der Waals surface area contributed by atoms with E-state index in [0.717, 1.165) is 19.3 Å². The highest BCUT2D eigenvalue weighted by molar-refractivity contribution is 6.26. The molecule has 0 N–H and O–H groups in total. The monoisotopic (exact) mass is 216 g/mol. The Bertz CT molecular complexity index is 254. The second-order valence-electron chi connectivity index (χ2n) is 4.62. The van der Waals surface area contributed by atoms with Gasteiger partial charge in [0.1, 0.15) is 11.5 Å². The van der Waals surface area contributed by atoms with E-state index >= 15 is 0 Å². The molecule has 3 heteroatoms. The van der Waals surface area contributed by atoms with Crippen LogP contribution in [-0.2, 0) is 9.53 Å². The number of esters is 1. The van der Waals surface area contributed by atoms with Crippen LogP contribution in [0, 0.1) is 5.41 Å². The molecule has 0 heterocycles. The minimum atomic E-state index is -0.246. The van der Waals surface area contributed by atoms with Crippen LogP contribution in [0.1, 0.15) is 45.4 Å². The SMILES string of the molecule is CC[C@]12CCCC[C@@]1(OC(=O)CCl)C2. The third-order valence-corrected chi connectivity index (χ3v) is 4.26. The number of rotatable bonds is 3. The summed E-state index contributed by atoms with van der Waals surface area (Å²) >= 11 is 5.47. The third-order valence-electron chi connectivity index (χ3n) is 4.05. The lowest BCUT2D eigenvalue weighted by Gasteiger charge is -2.29. The number of alkyl halides is 1. The fourth-order valence-corrected chi connectivity index (χ4v) is 3.17. The number of hydrogen-bond acceptors (Lipinski definition) is 2. The van der Waals surface area contributed by atoms with E-state index in [4.69, 9.17) is 16.3 Å². The van der Waals surface area contributed by atoms with Crippen molar-refractivity contribution in [3.63, 3.8) is 0 Å². The summed E-state index contributed by atoms with van der Waals surface area (Å²) in [7, 11) is 0. The van der Waals surface area contributed by atoms with Crippen LogP contribution in [0.4, 0.5) is 0 Å². The first kappa shape index (κ1) is 10.3. The Hall–Kier alpha value is -0.240. The molecule has 2 aliphatic rings. The highest BCUT2D eigenvalue weighted by Crippen LogP contribution is 2.68. The van der Waals surface area contributed by atoms with Gasteiger partial charge in [-0.25, -0.2) is 0 Å². The van der Waals surface area contributed by atoms with Gasteiger partial charge in [-0.3, -0.25) is 4.79 Å². The molecule has 0 saturated heterocycles. The fourth-order valence-electron chi connectivity index (χ4n) is 3.11. The smallest absolute Gasteiger partial charge is 0.321 e. The van der Waals surface area contributed by atoms with Gasteiger partial charge in [0.2, 0.25) is 0 Å². The Kier molecular flexibility index (Phi) is 2.50. The minimum absolute atomic E-state index is 0.0124. The normalized spacial score (nSPS) is 40.1. The lowest BCUT2D eigenvalue weighted by Crippen LogP contribution is -2.30. The molecule has 2 atom stereocenters. The van der Waals surface area contributed by atoms with Crippen LogP contribution >= 0.6 is 11.6 Å². The fraction of sp³-hybridized carbons (Fsp3) is 0.909. The summed E-state index contributed by atoms with van der Waals surface area (Å²) in [6, 6.07) is 0. The molecule has 0 aromatic carbocycles. The van der Waals surface area contributed by atoms with E-state index in [9.17, 15) is 4.79 Å². The molecule has 2 nitrogen and oxygen atoms in total. The zero-order valence-corrected chi connectivity index (χ0v) is 9.40. The molecule has 2 fully saturated rings. The van der Waals surface area contributed by atoms with Crippen molar-refractivity contribution in [3.05, 3.63) is 0 Å². The molecule has 0 bridgehead atoms. The van der Waals surface area contributed by atoms with Crippen LogP contribution in [-0.4, -0.2) is 17.5 Å². The molecule has 0 unspecified atom stereocenters. The van der Waals surface area contributed by atoms with Gasteiger partial charge in [0.25, 0.3) is 0 Å². The molecule has 0 amide bonds. The van der Waals surface area contributed by atoms with E-state index < -0.39 is 0 Å². The summed E-state index contributed by atoms with van der Waals surface area (Å²) in [5.74, 6) is -0.259. The van der Waals surface area contributed by atoms with Crippen LogP contribution in [0.15, 0.2) is 0 Å². The van der Waals surface area contributed by atoms with E-state index in [1.807, 2.05) is 0 Å². The molecular formula is C11H17ClO2. The first-order valence-electron chi connectivity index (χ1n) is 5.46. The molecule has 0 aliphatic heterocycles. The lowest BCUT2D eigenvalue weighted by molar-refractivity contribution is -0.152. The second-order valence-corrected chi connectivity index (χ2v) is 4.89. The van der Waals surface area contributed by atoms with Crippen LogP contribution in [0.25, 0.3) is 0 Å². The predicted octanol–water partition coefficient (Wildman–Crippen LogP) is 2.88. The summed E-state index contributed by atoms with van der Waals surface area (Å²) in [6.07, 6.45) is 6.94. The van der Waals surface area contributed by atoms with Crippen molar-refractivity contribution in [2.45, 2.75) is 51.0 Å². The highest BCUT2D eigenvalue weighted by Gasteiger charge is 2.69. The molecule has 0 spiro atoms. The van der Waals surface area contributed by atoms with Gasteiger partial charge in [-0.15, -0.1) is 11.6 Å². The first-order valence-corrected chi connectivity index (χ1v) is 5.99. The molecule has 0 radical (unpaired) electrons. The molecule has 80 valence electrons.